The van der Waals surface area contributed by atoms with Crippen molar-refractivity contribution in [2.75, 3.05) is 0 Å². The first-order chi connectivity index (χ1) is 34.8. The fourth-order valence-corrected chi connectivity index (χ4v) is 9.50. The second-order valence-corrected chi connectivity index (χ2v) is 19.6. The Morgan fingerprint density at radius 3 is 1.53 bits per heavy atom. The van der Waals surface area contributed by atoms with Gasteiger partial charge in [-0.2, -0.15) is 21.6 Å². The number of halogens is 3. The number of pyridine rings is 3. The quantitative estimate of drug-likeness (QED) is 0.0797. The van der Waals surface area contributed by atoms with Crippen LogP contribution in [0.25, 0.3) is 78.1 Å². The summed E-state index contributed by atoms with van der Waals surface area (Å²) in [6.45, 7) is 4.03. The molecule has 0 N–H and O–H groups in total. The first-order valence-corrected chi connectivity index (χ1v) is 25.1. The van der Waals surface area contributed by atoms with Gasteiger partial charge >= 0.3 is 15.6 Å². The Bertz CT molecular complexity index is 3550. The lowest BCUT2D eigenvalue weighted by Crippen LogP contribution is -2.28. The smallest absolute Gasteiger partial charge is 0.375 e. The molecule has 6 nitrogen and oxygen atoms in total. The molecule has 7 aromatic carbocycles. The molecular formula is C62H48F3N3O3S. The van der Waals surface area contributed by atoms with E-state index in [4.69, 9.17) is 9.17 Å². The molecule has 72 heavy (non-hydrogen) atoms. The summed E-state index contributed by atoms with van der Waals surface area (Å²) in [5, 5.41) is 0.887. The van der Waals surface area contributed by atoms with E-state index in [1.807, 2.05) is 111 Å². The highest BCUT2D eigenvalue weighted by Crippen LogP contribution is 2.43. The largest absolute Gasteiger partial charge is 0.534 e. The second-order valence-electron chi connectivity index (χ2n) is 18.1. The number of aromatic nitrogens is 3. The molecule has 0 atom stereocenters. The summed E-state index contributed by atoms with van der Waals surface area (Å²) in [5.41, 5.74) is 10.3. The first kappa shape index (κ1) is 47.5. The molecule has 10 heteroatoms. The second kappa shape index (κ2) is 20.3. The standard InChI is InChI=1S/C62H48F3N3O3S/c1-41-16-32-57(66-39-41)48-26-22-43(23-27-48)18-20-45-34-46(21-19-44-24-28-49(29-25-44)58-33-17-42(2)40-67-58)36-51(35-45)52-12-6-7-13-53(52)55-31-30-50(37-61(55)71-72(69,70)62(63,64)65)60-38-56(47-10-4-3-5-11-47)54-14-8-9-15-59(54)68-60/h3-17,22-40H,18-21H2,1-2H3. The van der Waals surface area contributed by atoms with E-state index < -0.39 is 21.4 Å². The van der Waals surface area contributed by atoms with Crippen LogP contribution in [0.2, 0.25) is 0 Å². The number of nitrogens with zero attached hydrogens (tertiary/aromatic N) is 3. The van der Waals surface area contributed by atoms with Crippen molar-refractivity contribution >= 4 is 21.0 Å². The monoisotopic (exact) mass is 971 g/mol. The van der Waals surface area contributed by atoms with Crippen LogP contribution in [0.5, 0.6) is 5.75 Å². The van der Waals surface area contributed by atoms with Crippen LogP contribution in [0, 0.1) is 13.8 Å². The van der Waals surface area contributed by atoms with Crippen LogP contribution >= 0.6 is 0 Å². The van der Waals surface area contributed by atoms with Gasteiger partial charge in [0.05, 0.1) is 22.6 Å². The molecule has 0 amide bonds. The molecule has 10 aromatic rings. The van der Waals surface area contributed by atoms with Gasteiger partial charge in [0.25, 0.3) is 0 Å². The van der Waals surface area contributed by atoms with Crippen molar-refractivity contribution in [3.63, 3.8) is 0 Å². The lowest BCUT2D eigenvalue weighted by atomic mass is 9.89. The van der Waals surface area contributed by atoms with Crippen molar-refractivity contribution in [2.45, 2.75) is 45.0 Å². The van der Waals surface area contributed by atoms with E-state index in [-0.39, 0.29) is 5.56 Å². The Hall–Kier alpha value is -8.21. The molecule has 0 aliphatic heterocycles. The molecule has 0 aliphatic carbocycles. The van der Waals surface area contributed by atoms with E-state index in [1.165, 1.54) is 6.07 Å². The number of hydrogen-bond donors (Lipinski definition) is 0. The Morgan fingerprint density at radius 2 is 0.958 bits per heavy atom. The number of hydrogen-bond acceptors (Lipinski definition) is 6. The van der Waals surface area contributed by atoms with E-state index in [0.29, 0.717) is 40.7 Å². The van der Waals surface area contributed by atoms with Crippen LogP contribution in [0.3, 0.4) is 0 Å². The average Bonchev–Trinajstić information content (AvgIpc) is 3.40. The molecule has 0 fully saturated rings. The molecular weight excluding hydrogens is 924 g/mol. The predicted molar refractivity (Wildman–Crippen MR) is 283 cm³/mol. The Morgan fingerprint density at radius 1 is 0.431 bits per heavy atom. The number of fused-ring (bicyclic) bond motifs is 1. The maximum Gasteiger partial charge on any atom is 0.534 e. The summed E-state index contributed by atoms with van der Waals surface area (Å²) >= 11 is 0. The van der Waals surface area contributed by atoms with E-state index in [0.717, 1.165) is 90.8 Å². The van der Waals surface area contributed by atoms with Gasteiger partial charge in [-0.05, 0) is 137 Å². The minimum atomic E-state index is -6.09. The summed E-state index contributed by atoms with van der Waals surface area (Å²) in [5.74, 6) is -0.474. The topological polar surface area (TPSA) is 82.0 Å². The Kier molecular flexibility index (Phi) is 13.4. The van der Waals surface area contributed by atoms with Crippen LogP contribution in [0.15, 0.2) is 207 Å². The zero-order valence-corrected chi connectivity index (χ0v) is 40.4. The highest BCUT2D eigenvalue weighted by atomic mass is 32.2. The van der Waals surface area contributed by atoms with Gasteiger partial charge in [0, 0.05) is 40.0 Å². The summed E-state index contributed by atoms with van der Waals surface area (Å²) in [6, 6.07) is 62.7. The highest BCUT2D eigenvalue weighted by molar-refractivity contribution is 7.88. The van der Waals surface area contributed by atoms with Gasteiger partial charge in [-0.15, -0.1) is 0 Å². The van der Waals surface area contributed by atoms with Crippen LogP contribution < -0.4 is 4.18 Å². The summed E-state index contributed by atoms with van der Waals surface area (Å²) in [4.78, 5) is 14.1. The number of benzene rings is 7. The van der Waals surface area contributed by atoms with Crippen molar-refractivity contribution in [3.8, 4) is 72.9 Å². The summed E-state index contributed by atoms with van der Waals surface area (Å²) in [6.07, 6.45) is 6.65. The van der Waals surface area contributed by atoms with Crippen molar-refractivity contribution in [2.24, 2.45) is 0 Å². The van der Waals surface area contributed by atoms with E-state index in [2.05, 4.69) is 88.8 Å². The van der Waals surface area contributed by atoms with Crippen molar-refractivity contribution in [3.05, 3.63) is 240 Å². The van der Waals surface area contributed by atoms with Gasteiger partial charge in [0.15, 0.2) is 5.75 Å². The zero-order chi connectivity index (χ0) is 49.8. The van der Waals surface area contributed by atoms with Crippen LogP contribution in [0.4, 0.5) is 13.2 Å². The lowest BCUT2D eigenvalue weighted by Gasteiger charge is -2.18. The van der Waals surface area contributed by atoms with Crippen molar-refractivity contribution in [1.82, 2.24) is 15.0 Å². The molecule has 0 spiro atoms. The third-order valence-electron chi connectivity index (χ3n) is 12.9. The SMILES string of the molecule is Cc1ccc(-c2ccc(CCc3cc(CCc4ccc(-c5ccc(C)cn5)cc4)cc(-c4ccccc4-c4ccc(-c5cc(-c6ccccc6)c6ccccc6n5)cc4OS(=O)(=O)C(F)(F)F)c3)cc2)nc1. The average molecular weight is 972 g/mol. The van der Waals surface area contributed by atoms with Crippen LogP contribution in [0.1, 0.15) is 33.4 Å². The third-order valence-corrected chi connectivity index (χ3v) is 13.8. The highest BCUT2D eigenvalue weighted by Gasteiger charge is 2.49. The molecule has 3 aromatic heterocycles. The minimum Gasteiger partial charge on any atom is -0.375 e. The zero-order valence-electron chi connectivity index (χ0n) is 39.6. The maximum absolute atomic E-state index is 14.2. The first-order valence-electron chi connectivity index (χ1n) is 23.7. The fraction of sp³-hybridized carbons (Fsp3) is 0.113. The van der Waals surface area contributed by atoms with Gasteiger partial charge in [-0.3, -0.25) is 9.97 Å². The molecule has 0 saturated heterocycles. The predicted octanol–water partition coefficient (Wildman–Crippen LogP) is 15.4. The van der Waals surface area contributed by atoms with Gasteiger partial charge < -0.3 is 4.18 Å². The number of rotatable bonds is 14. The summed E-state index contributed by atoms with van der Waals surface area (Å²) in [7, 11) is -6.09. The van der Waals surface area contributed by atoms with Gasteiger partial charge in [-0.25, -0.2) is 4.98 Å². The normalized spacial score (nSPS) is 11.7. The van der Waals surface area contributed by atoms with Gasteiger partial charge in [0.2, 0.25) is 0 Å². The van der Waals surface area contributed by atoms with E-state index in [9.17, 15) is 21.6 Å². The molecule has 10 rings (SSSR count). The summed E-state index contributed by atoms with van der Waals surface area (Å²) < 4.78 is 73.6. The molecule has 0 aliphatic rings. The molecule has 3 heterocycles. The molecule has 356 valence electrons. The Labute approximate surface area is 417 Å². The fourth-order valence-electron chi connectivity index (χ4n) is 9.03. The van der Waals surface area contributed by atoms with Gasteiger partial charge in [-0.1, -0.05) is 158 Å². The molecule has 0 radical (unpaired) electrons. The lowest BCUT2D eigenvalue weighted by molar-refractivity contribution is -0.0499. The Balaban J connectivity index is 1.03. The number of alkyl halides is 3. The van der Waals surface area contributed by atoms with E-state index >= 15 is 0 Å². The van der Waals surface area contributed by atoms with Crippen LogP contribution in [-0.4, -0.2) is 28.9 Å². The van der Waals surface area contributed by atoms with E-state index in [1.54, 1.807) is 24.3 Å². The minimum absolute atomic E-state index is 0.171. The van der Waals surface area contributed by atoms with Gasteiger partial charge in [0.1, 0.15) is 0 Å². The third kappa shape index (κ3) is 10.6. The van der Waals surface area contributed by atoms with Crippen molar-refractivity contribution < 1.29 is 25.8 Å². The molecule has 0 saturated carbocycles. The number of para-hydroxylation sites is 1. The molecule has 0 bridgehead atoms. The van der Waals surface area contributed by atoms with Crippen molar-refractivity contribution in [1.29, 1.82) is 0 Å². The number of aryl methyl sites for hydroxylation is 6. The maximum atomic E-state index is 14.2. The van der Waals surface area contributed by atoms with Crippen LogP contribution in [-0.2, 0) is 35.8 Å². The molecule has 0 unspecified atom stereocenters.